The molecule has 7 aromatic carbocycles. The van der Waals surface area contributed by atoms with Crippen molar-refractivity contribution in [1.82, 2.24) is 0 Å². The summed E-state index contributed by atoms with van der Waals surface area (Å²) in [5.74, 6) is 1.56. The van der Waals surface area contributed by atoms with Crippen molar-refractivity contribution in [3.8, 4) is 22.6 Å². The van der Waals surface area contributed by atoms with E-state index in [1.807, 2.05) is 24.3 Å². The largest absolute Gasteiger partial charge is 0.468 e. The van der Waals surface area contributed by atoms with Gasteiger partial charge in [0, 0.05) is 49.7 Å². The quantitative estimate of drug-likeness (QED) is 0.164. The van der Waals surface area contributed by atoms with Gasteiger partial charge in [0.2, 0.25) is 0 Å². The Morgan fingerprint density at radius 1 is 0.403 bits per heavy atom. The van der Waals surface area contributed by atoms with Crippen molar-refractivity contribution in [1.29, 1.82) is 0 Å². The lowest BCUT2D eigenvalue weighted by molar-refractivity contribution is 0.589. The second-order valence-electron chi connectivity index (χ2n) is 23.6. The highest BCUT2D eigenvalue weighted by atomic mass is 16.4. The Labute approximate surface area is 421 Å². The van der Waals surface area contributed by atoms with Crippen LogP contribution in [0.3, 0.4) is 0 Å². The van der Waals surface area contributed by atoms with E-state index in [1.54, 1.807) is 0 Å². The molecule has 72 heavy (non-hydrogen) atoms. The molecule has 0 aliphatic carbocycles. The Hall–Kier alpha value is -7.64. The van der Waals surface area contributed by atoms with Crippen LogP contribution in [0.5, 0.6) is 0 Å². The molecule has 13 rings (SSSR count). The van der Waals surface area contributed by atoms with E-state index in [-0.39, 0.29) is 23.0 Å². The number of anilines is 6. The van der Waals surface area contributed by atoms with Gasteiger partial charge in [0.1, 0.15) is 45.2 Å². The van der Waals surface area contributed by atoms with E-state index in [0.29, 0.717) is 0 Å². The summed E-state index contributed by atoms with van der Waals surface area (Å²) in [5.41, 5.74) is 21.6. The maximum absolute atomic E-state index is 7.41. The SMILES string of the molecule is Cc1cc2c3c(c1)N(c1c(C)cc(C(C)(C)C)cc1C)c1c(oc4ccc(C(C)(C)C)cc14)B3c1oc3ccc(C(C)(C)C)cc3c1N2c1cc(-c2cc3ccccc3o2)cc(-c2cc3ccccc3o2)c1. The van der Waals surface area contributed by atoms with Gasteiger partial charge in [0.05, 0.1) is 17.1 Å². The molecule has 0 amide bonds. The Kier molecular flexibility index (Phi) is 9.35. The number of fused-ring (bicyclic) bond motifs is 10. The van der Waals surface area contributed by atoms with Crippen LogP contribution in [0.2, 0.25) is 0 Å². The van der Waals surface area contributed by atoms with Crippen LogP contribution in [0.4, 0.5) is 34.1 Å². The minimum absolute atomic E-state index is 0.0260. The molecule has 0 bridgehead atoms. The van der Waals surface area contributed by atoms with Gasteiger partial charge >= 0.3 is 6.71 Å². The maximum atomic E-state index is 7.41. The molecule has 6 nitrogen and oxygen atoms in total. The van der Waals surface area contributed by atoms with Gasteiger partial charge in [-0.05, 0) is 155 Å². The minimum Gasteiger partial charge on any atom is -0.468 e. The van der Waals surface area contributed by atoms with Gasteiger partial charge in [-0.2, -0.15) is 0 Å². The van der Waals surface area contributed by atoms with Crippen molar-refractivity contribution >= 4 is 101 Å². The average molecular weight is 943 g/mol. The molecule has 6 heterocycles. The number of nitrogens with zero attached hydrogens (tertiary/aromatic N) is 2. The summed E-state index contributed by atoms with van der Waals surface area (Å²) in [7, 11) is 0. The average Bonchev–Trinajstić information content (AvgIpc) is 4.13. The number of hydrogen-bond acceptors (Lipinski definition) is 6. The second kappa shape index (κ2) is 15.2. The molecule has 2 aliphatic rings. The summed E-state index contributed by atoms with van der Waals surface area (Å²) >= 11 is 0. The van der Waals surface area contributed by atoms with Crippen LogP contribution in [0.1, 0.15) is 95.7 Å². The normalized spacial score (nSPS) is 13.8. The zero-order valence-corrected chi connectivity index (χ0v) is 43.4. The van der Waals surface area contributed by atoms with Crippen molar-refractivity contribution in [2.45, 2.75) is 99.3 Å². The third kappa shape index (κ3) is 6.76. The summed E-state index contributed by atoms with van der Waals surface area (Å²) in [5, 5.41) is 4.23. The second-order valence-corrected chi connectivity index (χ2v) is 23.6. The van der Waals surface area contributed by atoms with E-state index in [0.717, 1.165) is 123 Å². The van der Waals surface area contributed by atoms with Gasteiger partial charge in [-0.1, -0.05) is 123 Å². The van der Waals surface area contributed by atoms with Crippen molar-refractivity contribution in [2.24, 2.45) is 0 Å². The van der Waals surface area contributed by atoms with Gasteiger partial charge in [-0.3, -0.25) is 0 Å². The lowest BCUT2D eigenvalue weighted by Crippen LogP contribution is -2.60. The summed E-state index contributed by atoms with van der Waals surface area (Å²) in [6.07, 6.45) is 0. The number of hydrogen-bond donors (Lipinski definition) is 0. The zero-order chi connectivity index (χ0) is 49.9. The molecule has 356 valence electrons. The summed E-state index contributed by atoms with van der Waals surface area (Å²) < 4.78 is 28.2. The van der Waals surface area contributed by atoms with Crippen LogP contribution >= 0.6 is 0 Å². The molecule has 0 unspecified atom stereocenters. The number of furan rings is 4. The van der Waals surface area contributed by atoms with E-state index < -0.39 is 0 Å². The van der Waals surface area contributed by atoms with Crippen LogP contribution in [0.15, 0.2) is 157 Å². The van der Waals surface area contributed by atoms with E-state index in [9.17, 15) is 0 Å². The highest BCUT2D eigenvalue weighted by Crippen LogP contribution is 2.52. The molecule has 0 fully saturated rings. The van der Waals surface area contributed by atoms with Crippen molar-refractivity contribution in [2.75, 3.05) is 9.80 Å². The molecule has 0 saturated heterocycles. The molecule has 0 saturated carbocycles. The Bertz CT molecular complexity index is 3880. The maximum Gasteiger partial charge on any atom is 0.342 e. The third-order valence-corrected chi connectivity index (χ3v) is 15.3. The molecule has 7 heteroatoms. The van der Waals surface area contributed by atoms with Crippen LogP contribution in [0.25, 0.3) is 66.5 Å². The highest BCUT2D eigenvalue weighted by Gasteiger charge is 2.50. The number of para-hydroxylation sites is 2. The Balaban J connectivity index is 1.16. The third-order valence-electron chi connectivity index (χ3n) is 15.3. The molecule has 2 aliphatic heterocycles. The number of rotatable bonds is 4. The van der Waals surface area contributed by atoms with Crippen LogP contribution in [-0.2, 0) is 16.2 Å². The first-order chi connectivity index (χ1) is 34.3. The van der Waals surface area contributed by atoms with Crippen LogP contribution in [0, 0.1) is 20.8 Å². The van der Waals surface area contributed by atoms with Gasteiger partial charge < -0.3 is 27.5 Å². The fourth-order valence-electron chi connectivity index (χ4n) is 11.6. The summed E-state index contributed by atoms with van der Waals surface area (Å²) in [6.45, 7) is 27.0. The molecule has 11 aromatic rings. The molecule has 0 radical (unpaired) electrons. The van der Waals surface area contributed by atoms with Crippen LogP contribution < -0.4 is 26.6 Å². The first-order valence-corrected chi connectivity index (χ1v) is 25.4. The highest BCUT2D eigenvalue weighted by molar-refractivity contribution is 6.99. The smallest absolute Gasteiger partial charge is 0.342 e. The summed E-state index contributed by atoms with van der Waals surface area (Å²) in [6, 6.07) is 50.5. The topological polar surface area (TPSA) is 59.0 Å². The molecule has 4 aromatic heterocycles. The lowest BCUT2D eigenvalue weighted by Gasteiger charge is -2.42. The number of aryl methyl sites for hydroxylation is 3. The van der Waals surface area contributed by atoms with Crippen molar-refractivity contribution in [3.05, 3.63) is 173 Å². The molecular formula is C65H59BN2O4. The zero-order valence-electron chi connectivity index (χ0n) is 43.4. The monoisotopic (exact) mass is 942 g/mol. The molecular weight excluding hydrogens is 884 g/mol. The van der Waals surface area contributed by atoms with Crippen molar-refractivity contribution in [3.63, 3.8) is 0 Å². The predicted octanol–water partition coefficient (Wildman–Crippen LogP) is 16.9. The minimum atomic E-state index is -0.369. The summed E-state index contributed by atoms with van der Waals surface area (Å²) in [4.78, 5) is 4.99. The van der Waals surface area contributed by atoms with E-state index in [4.69, 9.17) is 17.7 Å². The van der Waals surface area contributed by atoms with Gasteiger partial charge in [0.25, 0.3) is 0 Å². The first kappa shape index (κ1) is 44.3. The molecule has 0 atom stereocenters. The first-order valence-electron chi connectivity index (χ1n) is 25.4. The molecule has 0 spiro atoms. The Morgan fingerprint density at radius 3 is 1.33 bits per heavy atom. The Morgan fingerprint density at radius 2 is 0.861 bits per heavy atom. The van der Waals surface area contributed by atoms with E-state index >= 15 is 0 Å². The van der Waals surface area contributed by atoms with E-state index in [2.05, 4.69) is 208 Å². The van der Waals surface area contributed by atoms with Crippen LogP contribution in [-0.4, -0.2) is 6.71 Å². The fourth-order valence-corrected chi connectivity index (χ4v) is 11.6. The van der Waals surface area contributed by atoms with Gasteiger partial charge in [0.15, 0.2) is 0 Å². The predicted molar refractivity (Wildman–Crippen MR) is 301 cm³/mol. The van der Waals surface area contributed by atoms with E-state index in [1.165, 1.54) is 27.8 Å². The standard InChI is InChI=1S/C65H59BN2O4/c1-36-25-49-57-50(26-36)68(58-37(2)27-45(28-38(58)3)65(10,11)12)60-48-35-44(64(7,8)9)22-24-54(48)72-62(60)66(57)61-59(47-34-43(63(4,5)6)21-23-53(47)71-61)67(49)46-30-41(55-32-39-17-13-15-19-51(39)69-55)29-42(31-46)56-33-40-18-14-16-20-52(40)70-56/h13-35H,1-12H3. The fraction of sp³-hybridized carbons (Fsp3) is 0.231. The van der Waals surface area contributed by atoms with Gasteiger partial charge in [-0.25, -0.2) is 0 Å². The number of benzene rings is 7. The van der Waals surface area contributed by atoms with Gasteiger partial charge in [-0.15, -0.1) is 0 Å². The molecule has 0 N–H and O–H groups in total. The van der Waals surface area contributed by atoms with Crippen molar-refractivity contribution < 1.29 is 17.7 Å². The lowest BCUT2D eigenvalue weighted by atomic mass is 9.37.